The molecule has 1 aromatic rings. The van der Waals surface area contributed by atoms with E-state index in [0.29, 0.717) is 6.61 Å². The molecule has 0 saturated carbocycles. The van der Waals surface area contributed by atoms with Crippen LogP contribution in [-0.4, -0.2) is 26.2 Å². The van der Waals surface area contributed by atoms with Crippen molar-refractivity contribution in [1.29, 1.82) is 0 Å². The van der Waals surface area contributed by atoms with Crippen LogP contribution in [0.15, 0.2) is 18.2 Å². The molecule has 0 heterocycles. The molecular weight excluding hydrogens is 287 g/mol. The lowest BCUT2D eigenvalue weighted by atomic mass is 10.1. The van der Waals surface area contributed by atoms with Crippen molar-refractivity contribution < 1.29 is 22.7 Å². The van der Waals surface area contributed by atoms with Crippen LogP contribution in [0.25, 0.3) is 0 Å². The first kappa shape index (κ1) is 17.3. The first-order valence-electron chi connectivity index (χ1n) is 6.24. The van der Waals surface area contributed by atoms with E-state index in [0.717, 1.165) is 18.2 Å². The fraction of sp³-hybridized carbons (Fsp3) is 0.462. The van der Waals surface area contributed by atoms with E-state index >= 15 is 0 Å². The molecule has 1 rings (SSSR count). The summed E-state index contributed by atoms with van der Waals surface area (Å²) >= 11 is 0. The summed E-state index contributed by atoms with van der Waals surface area (Å²) in [6.07, 6.45) is -4.52. The highest BCUT2D eigenvalue weighted by molar-refractivity contribution is 5.99. The van der Waals surface area contributed by atoms with Gasteiger partial charge in [-0.2, -0.15) is 13.2 Å². The molecule has 4 N–H and O–H groups in total. The second-order valence-corrected chi connectivity index (χ2v) is 4.67. The number of rotatable bonds is 6. The molecule has 0 spiro atoms. The average Bonchev–Trinajstić information content (AvgIpc) is 2.43. The Kier molecular flexibility index (Phi) is 5.98. The normalized spacial score (nSPS) is 12.9. The van der Waals surface area contributed by atoms with E-state index in [9.17, 15) is 18.0 Å². The molecule has 1 amide bonds. The highest BCUT2D eigenvalue weighted by atomic mass is 19.4. The van der Waals surface area contributed by atoms with Crippen molar-refractivity contribution in [1.82, 2.24) is 5.32 Å². The summed E-state index contributed by atoms with van der Waals surface area (Å²) < 4.78 is 43.0. The summed E-state index contributed by atoms with van der Waals surface area (Å²) in [7, 11) is 1.53. The molecule has 1 unspecified atom stereocenters. The van der Waals surface area contributed by atoms with Gasteiger partial charge in [0.15, 0.2) is 0 Å². The van der Waals surface area contributed by atoms with Gasteiger partial charge >= 0.3 is 6.18 Å². The third-order valence-corrected chi connectivity index (χ3v) is 2.81. The van der Waals surface area contributed by atoms with Gasteiger partial charge in [-0.3, -0.25) is 10.6 Å². The van der Waals surface area contributed by atoms with Crippen LogP contribution < -0.4 is 16.6 Å². The van der Waals surface area contributed by atoms with Gasteiger partial charge in [0.2, 0.25) is 0 Å². The number of hydrazine groups is 1. The van der Waals surface area contributed by atoms with Gasteiger partial charge in [0.25, 0.3) is 5.91 Å². The number of alkyl halides is 3. The number of methoxy groups -OCH3 is 1. The molecule has 0 saturated heterocycles. The van der Waals surface area contributed by atoms with Gasteiger partial charge in [-0.25, -0.2) is 0 Å². The van der Waals surface area contributed by atoms with Crippen molar-refractivity contribution in [2.45, 2.75) is 13.1 Å². The molecule has 0 bridgehead atoms. The van der Waals surface area contributed by atoms with Crippen LogP contribution in [0.1, 0.15) is 22.8 Å². The van der Waals surface area contributed by atoms with Crippen molar-refractivity contribution >= 4 is 11.6 Å². The number of amides is 1. The lowest BCUT2D eigenvalue weighted by molar-refractivity contribution is -0.137. The molecule has 21 heavy (non-hydrogen) atoms. The Morgan fingerprint density at radius 1 is 1.43 bits per heavy atom. The van der Waals surface area contributed by atoms with Crippen molar-refractivity contribution in [3.63, 3.8) is 0 Å². The van der Waals surface area contributed by atoms with Crippen molar-refractivity contribution in [2.75, 3.05) is 25.7 Å². The minimum absolute atomic E-state index is 0.0408. The fourth-order valence-corrected chi connectivity index (χ4v) is 1.74. The van der Waals surface area contributed by atoms with Crippen LogP contribution in [0.3, 0.4) is 0 Å². The van der Waals surface area contributed by atoms with E-state index in [4.69, 9.17) is 10.6 Å². The number of benzene rings is 1. The molecule has 0 aliphatic carbocycles. The van der Waals surface area contributed by atoms with Gasteiger partial charge in [-0.15, -0.1) is 0 Å². The maximum Gasteiger partial charge on any atom is 0.416 e. The van der Waals surface area contributed by atoms with Crippen LogP contribution >= 0.6 is 0 Å². The Morgan fingerprint density at radius 2 is 2.10 bits per heavy atom. The SMILES string of the molecule is COCC(C)CNC(=O)c1cc(C(F)(F)F)ccc1NN. The second-order valence-electron chi connectivity index (χ2n) is 4.67. The van der Waals surface area contributed by atoms with Gasteiger partial charge in [0.05, 0.1) is 23.4 Å². The minimum atomic E-state index is -4.52. The summed E-state index contributed by atoms with van der Waals surface area (Å²) in [5, 5.41) is 2.56. The van der Waals surface area contributed by atoms with Crippen molar-refractivity contribution in [3.05, 3.63) is 29.3 Å². The predicted octanol–water partition coefficient (Wildman–Crippen LogP) is 2.00. The number of hydrogen-bond acceptors (Lipinski definition) is 4. The number of ether oxygens (including phenoxy) is 1. The van der Waals surface area contributed by atoms with Gasteiger partial charge in [0.1, 0.15) is 0 Å². The number of carbonyl (C=O) groups excluding carboxylic acids is 1. The molecule has 1 atom stereocenters. The lowest BCUT2D eigenvalue weighted by Gasteiger charge is -2.15. The Morgan fingerprint density at radius 3 is 2.62 bits per heavy atom. The first-order chi connectivity index (χ1) is 9.79. The van der Waals surface area contributed by atoms with Crippen LogP contribution in [0.4, 0.5) is 18.9 Å². The highest BCUT2D eigenvalue weighted by Gasteiger charge is 2.31. The van der Waals surface area contributed by atoms with Crippen molar-refractivity contribution in [2.24, 2.45) is 11.8 Å². The Hall–Kier alpha value is -1.80. The van der Waals surface area contributed by atoms with E-state index < -0.39 is 17.6 Å². The Labute approximate surface area is 120 Å². The minimum Gasteiger partial charge on any atom is -0.384 e. The summed E-state index contributed by atoms with van der Waals surface area (Å²) in [5.41, 5.74) is 1.28. The molecule has 0 aliphatic heterocycles. The number of anilines is 1. The molecule has 5 nitrogen and oxygen atoms in total. The maximum atomic E-state index is 12.7. The van der Waals surface area contributed by atoms with Gasteiger partial charge in [-0.05, 0) is 24.1 Å². The van der Waals surface area contributed by atoms with Gasteiger partial charge < -0.3 is 15.5 Å². The second kappa shape index (κ2) is 7.28. The fourth-order valence-electron chi connectivity index (χ4n) is 1.74. The summed E-state index contributed by atoms with van der Waals surface area (Å²) in [5.74, 6) is 4.63. The molecule has 8 heteroatoms. The molecule has 1 aromatic carbocycles. The summed E-state index contributed by atoms with van der Waals surface area (Å²) in [6.45, 7) is 2.57. The number of halogens is 3. The average molecular weight is 305 g/mol. The van der Waals surface area contributed by atoms with Gasteiger partial charge in [-0.1, -0.05) is 6.92 Å². The predicted molar refractivity (Wildman–Crippen MR) is 72.6 cm³/mol. The monoisotopic (exact) mass is 305 g/mol. The topological polar surface area (TPSA) is 76.4 Å². The number of carbonyl (C=O) groups is 1. The molecule has 0 aromatic heterocycles. The van der Waals surface area contributed by atoms with E-state index in [-0.39, 0.29) is 23.7 Å². The van der Waals surface area contributed by atoms with E-state index in [1.165, 1.54) is 7.11 Å². The number of nitrogen functional groups attached to an aromatic ring is 1. The number of hydrogen-bond donors (Lipinski definition) is 3. The third kappa shape index (κ3) is 4.91. The largest absolute Gasteiger partial charge is 0.416 e. The molecule has 0 radical (unpaired) electrons. The summed E-state index contributed by atoms with van der Waals surface area (Å²) in [6, 6.07) is 2.75. The highest BCUT2D eigenvalue weighted by Crippen LogP contribution is 2.31. The third-order valence-electron chi connectivity index (χ3n) is 2.81. The zero-order chi connectivity index (χ0) is 16.0. The molecular formula is C13H18F3N3O2. The van der Waals surface area contributed by atoms with E-state index in [1.54, 1.807) is 0 Å². The van der Waals surface area contributed by atoms with Gasteiger partial charge in [0, 0.05) is 13.7 Å². The standard InChI is InChI=1S/C13H18F3N3O2/c1-8(7-21-2)6-18-12(20)10-5-9(13(14,15)16)3-4-11(10)19-17/h3-5,8,19H,6-7,17H2,1-2H3,(H,18,20). The maximum absolute atomic E-state index is 12.7. The lowest BCUT2D eigenvalue weighted by Crippen LogP contribution is -2.31. The zero-order valence-electron chi connectivity index (χ0n) is 11.8. The summed E-state index contributed by atoms with van der Waals surface area (Å²) in [4.78, 5) is 12.0. The zero-order valence-corrected chi connectivity index (χ0v) is 11.8. The van der Waals surface area contributed by atoms with E-state index in [1.807, 2.05) is 6.92 Å². The van der Waals surface area contributed by atoms with Crippen LogP contribution in [0, 0.1) is 5.92 Å². The van der Waals surface area contributed by atoms with E-state index in [2.05, 4.69) is 10.7 Å². The number of nitrogens with one attached hydrogen (secondary N) is 2. The molecule has 0 aliphatic rings. The molecule has 118 valence electrons. The van der Waals surface area contributed by atoms with Crippen LogP contribution in [0.5, 0.6) is 0 Å². The smallest absolute Gasteiger partial charge is 0.384 e. The quantitative estimate of drug-likeness (QED) is 0.555. The molecule has 0 fully saturated rings. The first-order valence-corrected chi connectivity index (χ1v) is 6.24. The Bertz CT molecular complexity index is 492. The Balaban J connectivity index is 2.91. The van der Waals surface area contributed by atoms with Crippen LogP contribution in [-0.2, 0) is 10.9 Å². The number of nitrogens with two attached hydrogens (primary N) is 1. The van der Waals surface area contributed by atoms with Crippen molar-refractivity contribution in [3.8, 4) is 0 Å². The van der Waals surface area contributed by atoms with Crippen LogP contribution in [0.2, 0.25) is 0 Å².